The molecule has 0 radical (unpaired) electrons. The van der Waals surface area contributed by atoms with E-state index in [-0.39, 0.29) is 6.03 Å². The molecule has 0 aliphatic carbocycles. The highest BCUT2D eigenvalue weighted by atomic mass is 16.2. The van der Waals surface area contributed by atoms with Gasteiger partial charge in [-0.3, -0.25) is 10.00 Å². The zero-order valence-electron chi connectivity index (χ0n) is 16.8. The first-order valence-corrected chi connectivity index (χ1v) is 9.37. The molecule has 148 valence electrons. The van der Waals surface area contributed by atoms with Crippen molar-refractivity contribution in [1.29, 1.82) is 0 Å². The number of anilines is 2. The highest BCUT2D eigenvalue weighted by Gasteiger charge is 2.15. The Hall–Kier alpha value is -3.13. The number of hydrogen-bond donors (Lipinski definition) is 2. The van der Waals surface area contributed by atoms with Gasteiger partial charge in [-0.25, -0.2) is 9.48 Å². The van der Waals surface area contributed by atoms with Crippen LogP contribution in [-0.4, -0.2) is 51.1 Å². The number of urea groups is 1. The maximum absolute atomic E-state index is 12.4. The van der Waals surface area contributed by atoms with Crippen LogP contribution in [0, 0.1) is 6.92 Å². The average Bonchev–Trinajstić information content (AvgIpc) is 3.27. The summed E-state index contributed by atoms with van der Waals surface area (Å²) in [5.74, 6) is 0.514. The summed E-state index contributed by atoms with van der Waals surface area (Å²) in [7, 11) is 4.02. The Balaban J connectivity index is 1.69. The summed E-state index contributed by atoms with van der Waals surface area (Å²) in [5.41, 5.74) is 3.77. The normalized spacial score (nSPS) is 11.0. The summed E-state index contributed by atoms with van der Waals surface area (Å²) in [6.45, 7) is 5.73. The van der Waals surface area contributed by atoms with Gasteiger partial charge in [0.1, 0.15) is 0 Å². The minimum absolute atomic E-state index is 0.336. The molecule has 3 rings (SSSR count). The van der Waals surface area contributed by atoms with Gasteiger partial charge >= 0.3 is 6.03 Å². The van der Waals surface area contributed by atoms with Crippen molar-refractivity contribution in [1.82, 2.24) is 24.5 Å². The number of rotatable bonds is 7. The number of aryl methyl sites for hydroxylation is 1. The van der Waals surface area contributed by atoms with Gasteiger partial charge in [0.05, 0.1) is 29.8 Å². The molecule has 0 saturated heterocycles. The molecule has 2 heterocycles. The molecule has 0 spiro atoms. The van der Waals surface area contributed by atoms with Gasteiger partial charge in [-0.2, -0.15) is 10.2 Å². The highest BCUT2D eigenvalue weighted by molar-refractivity contribution is 5.99. The summed E-state index contributed by atoms with van der Waals surface area (Å²) in [6, 6.07) is 9.49. The summed E-state index contributed by atoms with van der Waals surface area (Å²) in [5, 5.41) is 14.5. The molecule has 3 aromatic rings. The second kappa shape index (κ2) is 8.71. The van der Waals surface area contributed by atoms with Crippen LogP contribution in [0.15, 0.2) is 42.7 Å². The van der Waals surface area contributed by atoms with Crippen molar-refractivity contribution < 1.29 is 4.79 Å². The predicted octanol–water partition coefficient (Wildman–Crippen LogP) is 3.15. The fourth-order valence-electron chi connectivity index (χ4n) is 2.95. The third-order valence-corrected chi connectivity index (χ3v) is 4.45. The molecule has 0 aliphatic rings. The number of amides is 2. The fourth-order valence-corrected chi connectivity index (χ4v) is 2.95. The average molecular weight is 381 g/mol. The van der Waals surface area contributed by atoms with Crippen LogP contribution < -0.4 is 10.6 Å². The lowest BCUT2D eigenvalue weighted by Crippen LogP contribution is -2.21. The SMILES string of the molecule is CCc1c(NC(=O)Nc2ccn(CCN(C)C)n2)cnn1-c1ccccc1C. The molecular weight excluding hydrogens is 354 g/mol. The van der Waals surface area contributed by atoms with Crippen LogP contribution in [0.25, 0.3) is 5.69 Å². The van der Waals surface area contributed by atoms with Gasteiger partial charge in [0.2, 0.25) is 0 Å². The van der Waals surface area contributed by atoms with E-state index in [2.05, 4.69) is 25.7 Å². The third kappa shape index (κ3) is 4.58. The van der Waals surface area contributed by atoms with E-state index >= 15 is 0 Å². The second-order valence-corrected chi connectivity index (χ2v) is 6.90. The Bertz CT molecular complexity index is 942. The Morgan fingerprint density at radius 2 is 1.96 bits per heavy atom. The molecule has 2 aromatic heterocycles. The van der Waals surface area contributed by atoms with Crippen LogP contribution in [0.5, 0.6) is 0 Å². The first-order valence-electron chi connectivity index (χ1n) is 9.37. The highest BCUT2D eigenvalue weighted by Crippen LogP contribution is 2.22. The molecule has 8 nitrogen and oxygen atoms in total. The van der Waals surface area contributed by atoms with Gasteiger partial charge in [-0.05, 0) is 39.1 Å². The van der Waals surface area contributed by atoms with Crippen molar-refractivity contribution in [3.63, 3.8) is 0 Å². The van der Waals surface area contributed by atoms with Crippen LogP contribution >= 0.6 is 0 Å². The molecular formula is C20H27N7O. The molecule has 2 amide bonds. The predicted molar refractivity (Wildman–Crippen MR) is 111 cm³/mol. The van der Waals surface area contributed by atoms with E-state index in [4.69, 9.17) is 0 Å². The number of nitrogens with zero attached hydrogens (tertiary/aromatic N) is 5. The molecule has 0 atom stereocenters. The lowest BCUT2D eigenvalue weighted by atomic mass is 10.2. The van der Waals surface area contributed by atoms with Gasteiger partial charge in [0.25, 0.3) is 0 Å². The first-order chi connectivity index (χ1) is 13.5. The fraction of sp³-hybridized carbons (Fsp3) is 0.350. The maximum atomic E-state index is 12.4. The Kier molecular flexibility index (Phi) is 6.10. The number of carbonyl (C=O) groups excluding carboxylic acids is 1. The molecule has 28 heavy (non-hydrogen) atoms. The van der Waals surface area contributed by atoms with Crippen LogP contribution in [-0.2, 0) is 13.0 Å². The monoisotopic (exact) mass is 381 g/mol. The largest absolute Gasteiger partial charge is 0.324 e. The Morgan fingerprint density at radius 3 is 2.68 bits per heavy atom. The molecule has 0 bridgehead atoms. The van der Waals surface area contributed by atoms with E-state index in [1.54, 1.807) is 12.3 Å². The minimum Gasteiger partial charge on any atom is -0.308 e. The molecule has 2 N–H and O–H groups in total. The van der Waals surface area contributed by atoms with Crippen molar-refractivity contribution >= 4 is 17.5 Å². The number of benzene rings is 1. The van der Waals surface area contributed by atoms with Gasteiger partial charge < -0.3 is 10.2 Å². The number of para-hydroxylation sites is 1. The number of carbonyl (C=O) groups is 1. The quantitative estimate of drug-likeness (QED) is 0.659. The standard InChI is InChI=1S/C20H27N7O/c1-5-17-16(14-21-27(17)18-9-7-6-8-15(18)2)22-20(28)23-19-10-11-26(24-19)13-12-25(3)4/h6-11,14H,5,12-13H2,1-4H3,(H2,22,23,24,28). The van der Waals surface area contributed by atoms with Crippen LogP contribution in [0.1, 0.15) is 18.2 Å². The van der Waals surface area contributed by atoms with E-state index in [1.165, 1.54) is 0 Å². The van der Waals surface area contributed by atoms with Gasteiger partial charge in [0.15, 0.2) is 5.82 Å². The smallest absolute Gasteiger partial charge is 0.308 e. The number of hydrogen-bond acceptors (Lipinski definition) is 4. The van der Waals surface area contributed by atoms with E-state index in [1.807, 2.05) is 67.8 Å². The summed E-state index contributed by atoms with van der Waals surface area (Å²) >= 11 is 0. The molecule has 0 unspecified atom stereocenters. The number of nitrogens with one attached hydrogen (secondary N) is 2. The lowest BCUT2D eigenvalue weighted by molar-refractivity contribution is 0.262. The van der Waals surface area contributed by atoms with Crippen LogP contribution in [0.3, 0.4) is 0 Å². The van der Waals surface area contributed by atoms with Crippen molar-refractivity contribution in [3.05, 3.63) is 54.0 Å². The van der Waals surface area contributed by atoms with E-state index in [0.717, 1.165) is 36.5 Å². The van der Waals surface area contributed by atoms with Gasteiger partial charge in [-0.1, -0.05) is 25.1 Å². The van der Waals surface area contributed by atoms with E-state index < -0.39 is 0 Å². The zero-order chi connectivity index (χ0) is 20.1. The Labute approximate surface area is 165 Å². The lowest BCUT2D eigenvalue weighted by Gasteiger charge is -2.11. The van der Waals surface area contributed by atoms with E-state index in [9.17, 15) is 4.79 Å². The van der Waals surface area contributed by atoms with Gasteiger partial charge in [-0.15, -0.1) is 0 Å². The number of likely N-dealkylation sites (N-methyl/N-ethyl adjacent to an activating group) is 1. The minimum atomic E-state index is -0.336. The van der Waals surface area contributed by atoms with Crippen LogP contribution in [0.2, 0.25) is 0 Å². The third-order valence-electron chi connectivity index (χ3n) is 4.45. The summed E-state index contributed by atoms with van der Waals surface area (Å²) in [6.07, 6.45) is 4.27. The van der Waals surface area contributed by atoms with Crippen molar-refractivity contribution in [2.75, 3.05) is 31.3 Å². The second-order valence-electron chi connectivity index (χ2n) is 6.90. The van der Waals surface area contributed by atoms with E-state index in [0.29, 0.717) is 11.5 Å². The molecule has 1 aromatic carbocycles. The zero-order valence-corrected chi connectivity index (χ0v) is 16.8. The molecule has 0 aliphatic heterocycles. The Morgan fingerprint density at radius 1 is 1.18 bits per heavy atom. The molecule has 0 fully saturated rings. The molecule has 0 saturated carbocycles. The van der Waals surface area contributed by atoms with Crippen LogP contribution in [0.4, 0.5) is 16.3 Å². The van der Waals surface area contributed by atoms with Crippen molar-refractivity contribution in [2.45, 2.75) is 26.8 Å². The number of aromatic nitrogens is 4. The van der Waals surface area contributed by atoms with Crippen molar-refractivity contribution in [2.24, 2.45) is 0 Å². The first kappa shape index (κ1) is 19.6. The topological polar surface area (TPSA) is 80.0 Å². The maximum Gasteiger partial charge on any atom is 0.324 e. The molecule has 8 heteroatoms. The van der Waals surface area contributed by atoms with Crippen molar-refractivity contribution in [3.8, 4) is 5.69 Å². The van der Waals surface area contributed by atoms with Gasteiger partial charge in [0, 0.05) is 18.8 Å². The summed E-state index contributed by atoms with van der Waals surface area (Å²) < 4.78 is 3.68. The summed E-state index contributed by atoms with van der Waals surface area (Å²) in [4.78, 5) is 14.5.